The molecule has 0 saturated heterocycles. The van der Waals surface area contributed by atoms with Crippen molar-refractivity contribution in [2.45, 2.75) is 38.8 Å². The number of rotatable bonds is 6. The molecule has 134 valence electrons. The predicted octanol–water partition coefficient (Wildman–Crippen LogP) is 3.37. The molecular formula is C19H26N4O2. The first-order chi connectivity index (χ1) is 12.0. The van der Waals surface area contributed by atoms with E-state index in [1.54, 1.807) is 7.05 Å². The van der Waals surface area contributed by atoms with Gasteiger partial charge in [-0.2, -0.15) is 5.10 Å². The molecule has 1 unspecified atom stereocenters. The number of aliphatic hydroxyl groups is 1. The summed E-state index contributed by atoms with van der Waals surface area (Å²) in [5.41, 5.74) is 1.83. The largest absolute Gasteiger partial charge is 0.391 e. The van der Waals surface area contributed by atoms with Gasteiger partial charge in [-0.25, -0.2) is 9.48 Å². The summed E-state index contributed by atoms with van der Waals surface area (Å²) in [4.78, 5) is 14.0. The van der Waals surface area contributed by atoms with Crippen LogP contribution in [0.5, 0.6) is 0 Å². The normalized spacial score (nSPS) is 15.2. The number of likely N-dealkylation sites (N-methyl/N-ethyl adjacent to an activating group) is 1. The molecule has 6 heteroatoms. The zero-order chi connectivity index (χ0) is 18.0. The SMILES string of the molecule is CC(C)n1nc(-c2ccccc2)cc1NC(=O)N(C)CC(O)C1CC1. The molecule has 1 saturated carbocycles. The Labute approximate surface area is 148 Å². The van der Waals surface area contributed by atoms with Crippen LogP contribution in [0.2, 0.25) is 0 Å². The highest BCUT2D eigenvalue weighted by atomic mass is 16.3. The van der Waals surface area contributed by atoms with Crippen LogP contribution in [-0.4, -0.2) is 45.5 Å². The van der Waals surface area contributed by atoms with Gasteiger partial charge in [0.25, 0.3) is 0 Å². The van der Waals surface area contributed by atoms with Crippen molar-refractivity contribution >= 4 is 11.8 Å². The lowest BCUT2D eigenvalue weighted by Gasteiger charge is -2.21. The zero-order valence-corrected chi connectivity index (χ0v) is 15.0. The Morgan fingerprint density at radius 2 is 2.04 bits per heavy atom. The van der Waals surface area contributed by atoms with Gasteiger partial charge in [0.1, 0.15) is 5.82 Å². The molecule has 0 aliphatic heterocycles. The van der Waals surface area contributed by atoms with Gasteiger partial charge in [0.15, 0.2) is 0 Å². The second kappa shape index (κ2) is 7.27. The molecule has 1 aromatic carbocycles. The number of anilines is 1. The van der Waals surface area contributed by atoms with Crippen molar-refractivity contribution in [1.82, 2.24) is 14.7 Å². The highest BCUT2D eigenvalue weighted by molar-refractivity contribution is 5.89. The molecule has 2 N–H and O–H groups in total. The molecule has 0 radical (unpaired) electrons. The van der Waals surface area contributed by atoms with Gasteiger partial charge in [-0.15, -0.1) is 0 Å². The molecule has 3 rings (SSSR count). The van der Waals surface area contributed by atoms with E-state index >= 15 is 0 Å². The quantitative estimate of drug-likeness (QED) is 0.845. The van der Waals surface area contributed by atoms with E-state index in [1.165, 1.54) is 4.90 Å². The van der Waals surface area contributed by atoms with Crippen LogP contribution in [0.1, 0.15) is 32.7 Å². The van der Waals surface area contributed by atoms with E-state index in [4.69, 9.17) is 0 Å². The third-order valence-corrected chi connectivity index (χ3v) is 4.50. The summed E-state index contributed by atoms with van der Waals surface area (Å²) in [5, 5.41) is 17.6. The van der Waals surface area contributed by atoms with E-state index < -0.39 is 6.10 Å². The Kier molecular flexibility index (Phi) is 5.08. The predicted molar refractivity (Wildman–Crippen MR) is 98.4 cm³/mol. The number of aliphatic hydroxyl groups excluding tert-OH is 1. The molecule has 1 atom stereocenters. The Morgan fingerprint density at radius 1 is 1.36 bits per heavy atom. The van der Waals surface area contributed by atoms with Gasteiger partial charge >= 0.3 is 6.03 Å². The number of hydrogen-bond acceptors (Lipinski definition) is 3. The smallest absolute Gasteiger partial charge is 0.322 e. The van der Waals surface area contributed by atoms with Gasteiger partial charge in [-0.3, -0.25) is 5.32 Å². The fourth-order valence-corrected chi connectivity index (χ4v) is 2.83. The molecule has 0 bridgehead atoms. The van der Waals surface area contributed by atoms with Crippen molar-refractivity contribution in [2.24, 2.45) is 5.92 Å². The van der Waals surface area contributed by atoms with E-state index in [9.17, 15) is 9.90 Å². The van der Waals surface area contributed by atoms with Crippen LogP contribution in [0.15, 0.2) is 36.4 Å². The van der Waals surface area contributed by atoms with Crippen LogP contribution in [0, 0.1) is 5.92 Å². The van der Waals surface area contributed by atoms with Gasteiger partial charge in [-0.05, 0) is 32.6 Å². The first kappa shape index (κ1) is 17.5. The lowest BCUT2D eigenvalue weighted by Crippen LogP contribution is -2.38. The number of nitrogens with one attached hydrogen (secondary N) is 1. The average Bonchev–Trinajstić information content (AvgIpc) is 3.36. The maximum Gasteiger partial charge on any atom is 0.322 e. The van der Waals surface area contributed by atoms with Crippen molar-refractivity contribution in [3.8, 4) is 11.3 Å². The molecule has 6 nitrogen and oxygen atoms in total. The summed E-state index contributed by atoms with van der Waals surface area (Å²) in [5.74, 6) is 1.01. The van der Waals surface area contributed by atoms with Crippen LogP contribution in [-0.2, 0) is 0 Å². The molecule has 1 aromatic heterocycles. The third-order valence-electron chi connectivity index (χ3n) is 4.50. The summed E-state index contributed by atoms with van der Waals surface area (Å²) >= 11 is 0. The van der Waals surface area contributed by atoms with Crippen molar-refractivity contribution < 1.29 is 9.90 Å². The minimum Gasteiger partial charge on any atom is -0.391 e. The van der Waals surface area contributed by atoms with Crippen LogP contribution in [0.3, 0.4) is 0 Å². The monoisotopic (exact) mass is 342 g/mol. The number of carbonyl (C=O) groups excluding carboxylic acids is 1. The van der Waals surface area contributed by atoms with Crippen LogP contribution >= 0.6 is 0 Å². The van der Waals surface area contributed by atoms with Crippen molar-refractivity contribution in [2.75, 3.05) is 18.9 Å². The maximum absolute atomic E-state index is 12.5. The maximum atomic E-state index is 12.5. The number of urea groups is 1. The number of aromatic nitrogens is 2. The molecule has 1 aliphatic rings. The molecule has 1 fully saturated rings. The van der Waals surface area contributed by atoms with E-state index in [0.29, 0.717) is 18.3 Å². The Hall–Kier alpha value is -2.34. The van der Waals surface area contributed by atoms with E-state index in [-0.39, 0.29) is 12.1 Å². The van der Waals surface area contributed by atoms with Crippen molar-refractivity contribution in [1.29, 1.82) is 0 Å². The topological polar surface area (TPSA) is 70.4 Å². The second-order valence-electron chi connectivity index (χ2n) is 7.03. The average molecular weight is 342 g/mol. The number of benzene rings is 1. The third kappa shape index (κ3) is 4.20. The molecule has 2 amide bonds. The standard InChI is InChI=1S/C19H26N4O2/c1-13(2)23-18(11-16(21-23)14-7-5-4-6-8-14)20-19(25)22(3)12-17(24)15-9-10-15/h4-8,11,13,15,17,24H,9-10,12H2,1-3H3,(H,20,25). The molecule has 1 aliphatic carbocycles. The van der Waals surface area contributed by atoms with E-state index in [0.717, 1.165) is 24.1 Å². The second-order valence-corrected chi connectivity index (χ2v) is 7.03. The zero-order valence-electron chi connectivity index (χ0n) is 15.0. The highest BCUT2D eigenvalue weighted by Crippen LogP contribution is 2.32. The van der Waals surface area contributed by atoms with Crippen molar-refractivity contribution in [3.63, 3.8) is 0 Å². The molecule has 0 spiro atoms. The minimum absolute atomic E-state index is 0.120. The summed E-state index contributed by atoms with van der Waals surface area (Å²) in [6, 6.07) is 11.7. The van der Waals surface area contributed by atoms with Gasteiger partial charge in [0, 0.05) is 31.3 Å². The lowest BCUT2D eigenvalue weighted by molar-refractivity contribution is 0.117. The number of amides is 2. The fourth-order valence-electron chi connectivity index (χ4n) is 2.83. The van der Waals surface area contributed by atoms with E-state index in [2.05, 4.69) is 10.4 Å². The highest BCUT2D eigenvalue weighted by Gasteiger charge is 2.31. The molecule has 1 heterocycles. The van der Waals surface area contributed by atoms with Gasteiger partial charge in [0.05, 0.1) is 11.8 Å². The Morgan fingerprint density at radius 3 is 2.64 bits per heavy atom. The van der Waals surface area contributed by atoms with Crippen LogP contribution in [0.4, 0.5) is 10.6 Å². The summed E-state index contributed by atoms with van der Waals surface area (Å²) in [6.45, 7) is 4.40. The van der Waals surface area contributed by atoms with Gasteiger partial charge in [0.2, 0.25) is 0 Å². The minimum atomic E-state index is -0.439. The Balaban J connectivity index is 1.74. The number of carbonyl (C=O) groups is 1. The van der Waals surface area contributed by atoms with Gasteiger partial charge in [-0.1, -0.05) is 30.3 Å². The van der Waals surface area contributed by atoms with Crippen LogP contribution in [0.25, 0.3) is 11.3 Å². The Bertz CT molecular complexity index is 722. The first-order valence-corrected chi connectivity index (χ1v) is 8.81. The summed E-state index contributed by atoms with van der Waals surface area (Å²) in [6.07, 6.45) is 1.67. The lowest BCUT2D eigenvalue weighted by atomic mass is 10.2. The molecule has 2 aromatic rings. The van der Waals surface area contributed by atoms with E-state index in [1.807, 2.05) is 54.9 Å². The van der Waals surface area contributed by atoms with Crippen molar-refractivity contribution in [3.05, 3.63) is 36.4 Å². The number of nitrogens with zero attached hydrogens (tertiary/aromatic N) is 3. The summed E-state index contributed by atoms with van der Waals surface area (Å²) in [7, 11) is 1.70. The fraction of sp³-hybridized carbons (Fsp3) is 0.474. The number of hydrogen-bond donors (Lipinski definition) is 2. The van der Waals surface area contributed by atoms with Gasteiger partial charge < -0.3 is 10.0 Å². The van der Waals surface area contributed by atoms with Crippen LogP contribution < -0.4 is 5.32 Å². The summed E-state index contributed by atoms with van der Waals surface area (Å²) < 4.78 is 1.81. The molecule has 25 heavy (non-hydrogen) atoms. The molecular weight excluding hydrogens is 316 g/mol. The first-order valence-electron chi connectivity index (χ1n) is 8.81.